The largest absolute Gasteiger partial charge is 0.340 e. The molecule has 0 amide bonds. The molecule has 4 N–H and O–H groups in total. The van der Waals surface area contributed by atoms with Crippen molar-refractivity contribution in [3.05, 3.63) is 53.9 Å². The van der Waals surface area contributed by atoms with Crippen molar-refractivity contribution in [2.24, 2.45) is 5.14 Å². The zero-order valence-corrected chi connectivity index (χ0v) is 15.5. The summed E-state index contributed by atoms with van der Waals surface area (Å²) in [5, 5.41) is 27.5. The molecule has 0 unspecified atom stereocenters. The number of nitrogens with zero attached hydrogens (tertiary/aromatic N) is 4. The van der Waals surface area contributed by atoms with Gasteiger partial charge in [0.2, 0.25) is 0 Å². The molecule has 3 aromatic heterocycles. The van der Waals surface area contributed by atoms with Crippen LogP contribution in [0.2, 0.25) is 0 Å². The summed E-state index contributed by atoms with van der Waals surface area (Å²) in [4.78, 5) is 5.86. The van der Waals surface area contributed by atoms with Crippen molar-refractivity contribution in [1.29, 1.82) is 0 Å². The highest BCUT2D eigenvalue weighted by Gasteiger charge is 2.12. The van der Waals surface area contributed by atoms with Gasteiger partial charge in [0.15, 0.2) is 5.82 Å². The maximum Gasteiger partial charge on any atom is 0.179 e. The van der Waals surface area contributed by atoms with Crippen LogP contribution >= 0.6 is 23.3 Å². The van der Waals surface area contributed by atoms with Crippen LogP contribution in [0.5, 0.6) is 0 Å². The summed E-state index contributed by atoms with van der Waals surface area (Å²) in [7, 11) is 0. The van der Waals surface area contributed by atoms with Gasteiger partial charge in [0.05, 0.1) is 5.52 Å². The van der Waals surface area contributed by atoms with Crippen LogP contribution in [0.25, 0.3) is 32.4 Å². The lowest BCUT2D eigenvalue weighted by Gasteiger charge is -2.10. The maximum atomic E-state index is 5.68. The maximum absolute atomic E-state index is 5.68. The van der Waals surface area contributed by atoms with E-state index >= 15 is 0 Å². The number of H-pyrrole nitrogens is 1. The average Bonchev–Trinajstić information content (AvgIpc) is 3.40. The number of pyridine rings is 1. The van der Waals surface area contributed by atoms with Crippen molar-refractivity contribution < 1.29 is 0 Å². The molecule has 9 heteroatoms. The van der Waals surface area contributed by atoms with Gasteiger partial charge in [-0.3, -0.25) is 5.14 Å². The Kier molecular flexibility index (Phi) is 3.97. The first-order valence-corrected chi connectivity index (χ1v) is 9.86. The quantitative estimate of drug-likeness (QED) is 0.391. The molecule has 0 spiro atoms. The van der Waals surface area contributed by atoms with E-state index in [0.717, 1.165) is 38.3 Å². The number of fused-ring (bicyclic) bond motifs is 3. The standard InChI is InChI=1S/C18H13N7S2/c19-27-12-3-1-2-11(9-12)20-18-14-6-7-26-16(14)13-5-4-10(8-15(13)21-18)17-22-24-25-23-17/h1-9H,19H2,(H,20,21)(H,22,23,24,25). The highest BCUT2D eigenvalue weighted by Crippen LogP contribution is 2.36. The zero-order chi connectivity index (χ0) is 18.2. The summed E-state index contributed by atoms with van der Waals surface area (Å²) < 4.78 is 1.19. The van der Waals surface area contributed by atoms with E-state index in [2.05, 4.69) is 43.5 Å². The lowest BCUT2D eigenvalue weighted by atomic mass is 10.1. The zero-order valence-electron chi connectivity index (χ0n) is 13.9. The summed E-state index contributed by atoms with van der Waals surface area (Å²) in [6.07, 6.45) is 0. The van der Waals surface area contributed by atoms with Crippen LogP contribution in [0.3, 0.4) is 0 Å². The van der Waals surface area contributed by atoms with E-state index in [4.69, 9.17) is 10.1 Å². The topological polar surface area (TPSA) is 105 Å². The molecule has 3 heterocycles. The molecule has 0 saturated heterocycles. The van der Waals surface area contributed by atoms with Crippen molar-refractivity contribution in [2.45, 2.75) is 4.90 Å². The number of rotatable bonds is 4. The molecule has 0 aliphatic rings. The molecule has 132 valence electrons. The van der Waals surface area contributed by atoms with Crippen molar-refractivity contribution in [1.82, 2.24) is 25.6 Å². The molecule has 27 heavy (non-hydrogen) atoms. The van der Waals surface area contributed by atoms with Crippen molar-refractivity contribution in [3.63, 3.8) is 0 Å². The Balaban J connectivity index is 1.66. The first-order valence-electron chi connectivity index (χ1n) is 8.11. The molecule has 2 aromatic carbocycles. The van der Waals surface area contributed by atoms with E-state index < -0.39 is 0 Å². The van der Waals surface area contributed by atoms with E-state index in [1.54, 1.807) is 11.3 Å². The van der Waals surface area contributed by atoms with Gasteiger partial charge in [-0.15, -0.1) is 16.4 Å². The predicted octanol–water partition coefficient (Wildman–Crippen LogP) is 4.34. The Morgan fingerprint density at radius 1 is 1.07 bits per heavy atom. The fraction of sp³-hybridized carbons (Fsp3) is 0. The van der Waals surface area contributed by atoms with Gasteiger partial charge in [0.1, 0.15) is 5.82 Å². The molecule has 0 atom stereocenters. The van der Waals surface area contributed by atoms with Crippen LogP contribution in [-0.4, -0.2) is 25.6 Å². The van der Waals surface area contributed by atoms with E-state index in [0.29, 0.717) is 5.82 Å². The van der Waals surface area contributed by atoms with Crippen LogP contribution in [0, 0.1) is 0 Å². The second kappa shape index (κ2) is 6.62. The summed E-state index contributed by atoms with van der Waals surface area (Å²) in [6.45, 7) is 0. The number of nitrogens with two attached hydrogens (primary N) is 1. The molecule has 0 aliphatic heterocycles. The highest BCUT2D eigenvalue weighted by atomic mass is 32.2. The van der Waals surface area contributed by atoms with Gasteiger partial charge >= 0.3 is 0 Å². The van der Waals surface area contributed by atoms with Gasteiger partial charge in [-0.1, -0.05) is 18.2 Å². The van der Waals surface area contributed by atoms with Crippen molar-refractivity contribution in [2.75, 3.05) is 5.32 Å². The lowest BCUT2D eigenvalue weighted by molar-refractivity contribution is 0.881. The Morgan fingerprint density at radius 3 is 2.89 bits per heavy atom. The van der Waals surface area contributed by atoms with Gasteiger partial charge in [0.25, 0.3) is 0 Å². The van der Waals surface area contributed by atoms with Crippen LogP contribution in [-0.2, 0) is 0 Å². The molecule has 0 fully saturated rings. The van der Waals surface area contributed by atoms with E-state index in [9.17, 15) is 0 Å². The fourth-order valence-corrected chi connectivity index (χ4v) is 4.29. The van der Waals surface area contributed by atoms with Gasteiger partial charge < -0.3 is 5.32 Å². The first-order chi connectivity index (χ1) is 13.3. The van der Waals surface area contributed by atoms with Crippen LogP contribution < -0.4 is 10.5 Å². The van der Waals surface area contributed by atoms with Gasteiger partial charge in [-0.25, -0.2) is 10.1 Å². The third-order valence-electron chi connectivity index (χ3n) is 4.25. The van der Waals surface area contributed by atoms with E-state index in [1.807, 2.05) is 36.4 Å². The van der Waals surface area contributed by atoms with Gasteiger partial charge in [0, 0.05) is 31.6 Å². The number of anilines is 2. The molecule has 0 bridgehead atoms. The molecule has 0 radical (unpaired) electrons. The van der Waals surface area contributed by atoms with E-state index in [-0.39, 0.29) is 0 Å². The normalized spacial score (nSPS) is 11.3. The Bertz CT molecular complexity index is 1250. The minimum Gasteiger partial charge on any atom is -0.340 e. The van der Waals surface area contributed by atoms with E-state index in [1.165, 1.54) is 16.6 Å². The molecule has 5 rings (SSSR count). The molecule has 7 nitrogen and oxygen atoms in total. The number of hydrogen-bond acceptors (Lipinski definition) is 8. The van der Waals surface area contributed by atoms with Crippen LogP contribution in [0.15, 0.2) is 58.8 Å². The highest BCUT2D eigenvalue weighted by molar-refractivity contribution is 7.97. The average molecular weight is 391 g/mol. The summed E-state index contributed by atoms with van der Waals surface area (Å²) in [5.74, 6) is 1.43. The van der Waals surface area contributed by atoms with Crippen molar-refractivity contribution in [3.8, 4) is 11.4 Å². The van der Waals surface area contributed by atoms with Gasteiger partial charge in [-0.05, 0) is 58.1 Å². The number of hydrogen-bond donors (Lipinski definition) is 3. The number of aromatic amines is 1. The number of aromatic nitrogens is 5. The fourth-order valence-electron chi connectivity index (χ4n) is 3.01. The minimum atomic E-state index is 0.618. The first kappa shape index (κ1) is 16.2. The number of thiophene rings is 1. The molecular weight excluding hydrogens is 378 g/mol. The molecular formula is C18H13N7S2. The smallest absolute Gasteiger partial charge is 0.179 e. The third kappa shape index (κ3) is 2.91. The number of benzene rings is 2. The summed E-state index contributed by atoms with van der Waals surface area (Å²) in [6, 6.07) is 16.1. The van der Waals surface area contributed by atoms with Crippen molar-refractivity contribution >= 4 is 55.8 Å². The second-order valence-electron chi connectivity index (χ2n) is 5.88. The second-order valence-corrected chi connectivity index (χ2v) is 7.50. The van der Waals surface area contributed by atoms with Crippen LogP contribution in [0.1, 0.15) is 0 Å². The lowest BCUT2D eigenvalue weighted by Crippen LogP contribution is -1.96. The Labute approximate surface area is 162 Å². The molecule has 0 saturated carbocycles. The molecule has 5 aromatic rings. The Hall–Kier alpha value is -3.01. The number of tetrazole rings is 1. The van der Waals surface area contributed by atoms with Crippen LogP contribution in [0.4, 0.5) is 11.5 Å². The minimum absolute atomic E-state index is 0.618. The Morgan fingerprint density at radius 2 is 2.04 bits per heavy atom. The monoisotopic (exact) mass is 391 g/mol. The number of nitrogens with one attached hydrogen (secondary N) is 2. The summed E-state index contributed by atoms with van der Waals surface area (Å²) >= 11 is 2.92. The van der Waals surface area contributed by atoms with Gasteiger partial charge in [-0.2, -0.15) is 0 Å². The third-order valence-corrected chi connectivity index (χ3v) is 5.72. The molecule has 0 aliphatic carbocycles. The predicted molar refractivity (Wildman–Crippen MR) is 110 cm³/mol. The SMILES string of the molecule is NSc1cccc(Nc2nc3cc(-c4nnn[nH]4)ccc3c3sccc23)c1. The summed E-state index contributed by atoms with van der Waals surface area (Å²) in [5.41, 5.74) is 2.72.